The van der Waals surface area contributed by atoms with Crippen LogP contribution in [0.4, 0.5) is 0 Å². The zero-order valence-electron chi connectivity index (χ0n) is 12.5. The first-order valence-corrected chi connectivity index (χ1v) is 9.15. The van der Waals surface area contributed by atoms with Gasteiger partial charge in [0, 0.05) is 5.56 Å². The average Bonchev–Trinajstić information content (AvgIpc) is 2.91. The Morgan fingerprint density at radius 3 is 2.24 bits per heavy atom. The van der Waals surface area contributed by atoms with Crippen LogP contribution in [0.25, 0.3) is 0 Å². The lowest BCUT2D eigenvalue weighted by Crippen LogP contribution is -2.60. The van der Waals surface area contributed by atoms with Gasteiger partial charge in [-0.15, -0.1) is 0 Å². The molecule has 6 rings (SSSR count). The van der Waals surface area contributed by atoms with Crippen LogP contribution in [0, 0.1) is 30.6 Å². The van der Waals surface area contributed by atoms with E-state index in [0.717, 1.165) is 23.7 Å². The molecule has 4 aliphatic carbocycles. The van der Waals surface area contributed by atoms with Crippen molar-refractivity contribution in [1.82, 2.24) is 5.43 Å². The Bertz CT molecular complexity index is 576. The van der Waals surface area contributed by atoms with Gasteiger partial charge in [-0.3, -0.25) is 5.43 Å². The first-order valence-electron chi connectivity index (χ1n) is 8.34. The molecule has 4 bridgehead atoms. The molecule has 21 heavy (non-hydrogen) atoms. The largest absolute Gasteiger partial charge is 0.292 e. The lowest BCUT2D eigenvalue weighted by atomic mass is 9.54. The Kier molecular flexibility index (Phi) is 2.56. The fourth-order valence-corrected chi connectivity index (χ4v) is 6.87. The van der Waals surface area contributed by atoms with Crippen LogP contribution in [0.1, 0.15) is 43.2 Å². The van der Waals surface area contributed by atoms with E-state index in [1.165, 1.54) is 48.3 Å². The van der Waals surface area contributed by atoms with Gasteiger partial charge in [-0.1, -0.05) is 41.6 Å². The third-order valence-electron chi connectivity index (χ3n) is 6.25. The van der Waals surface area contributed by atoms with Crippen molar-refractivity contribution in [3.8, 4) is 0 Å². The van der Waals surface area contributed by atoms with E-state index in [0.29, 0.717) is 0 Å². The smallest absolute Gasteiger partial charge is 0.126 e. The maximum Gasteiger partial charge on any atom is 0.126 e. The molecule has 110 valence electrons. The van der Waals surface area contributed by atoms with E-state index in [2.05, 4.69) is 36.6 Å². The van der Waals surface area contributed by atoms with Crippen molar-refractivity contribution in [2.24, 2.45) is 28.8 Å². The van der Waals surface area contributed by atoms with E-state index in [9.17, 15) is 0 Å². The van der Waals surface area contributed by atoms with Crippen LogP contribution in [0.3, 0.4) is 0 Å². The maximum absolute atomic E-state index is 4.76. The lowest BCUT2D eigenvalue weighted by molar-refractivity contribution is -0.0276. The van der Waals surface area contributed by atoms with Gasteiger partial charge in [0.25, 0.3) is 0 Å². The summed E-state index contributed by atoms with van der Waals surface area (Å²) in [6.45, 7) is 2.14. The highest BCUT2D eigenvalue weighted by atomic mass is 32.2. The summed E-state index contributed by atoms with van der Waals surface area (Å²) < 4.78 is 0. The molecule has 0 unspecified atom stereocenters. The van der Waals surface area contributed by atoms with Gasteiger partial charge in [-0.25, -0.2) is 0 Å². The van der Waals surface area contributed by atoms with E-state index in [4.69, 9.17) is 5.10 Å². The molecule has 2 nitrogen and oxygen atoms in total. The number of rotatable bonds is 1. The molecule has 3 heteroatoms. The molecule has 0 amide bonds. The van der Waals surface area contributed by atoms with Gasteiger partial charge < -0.3 is 0 Å². The van der Waals surface area contributed by atoms with E-state index in [-0.39, 0.29) is 4.87 Å². The third kappa shape index (κ3) is 1.76. The molecule has 4 saturated carbocycles. The van der Waals surface area contributed by atoms with E-state index in [1.807, 2.05) is 11.8 Å². The summed E-state index contributed by atoms with van der Waals surface area (Å²) in [4.78, 5) is 0.230. The summed E-state index contributed by atoms with van der Waals surface area (Å²) in [5.41, 5.74) is 6.23. The topological polar surface area (TPSA) is 24.4 Å². The van der Waals surface area contributed by atoms with Crippen molar-refractivity contribution in [1.29, 1.82) is 0 Å². The molecule has 1 aromatic carbocycles. The second-order valence-electron chi connectivity index (χ2n) is 7.59. The van der Waals surface area contributed by atoms with Crippen molar-refractivity contribution in [3.63, 3.8) is 0 Å². The van der Waals surface area contributed by atoms with Crippen LogP contribution in [-0.4, -0.2) is 9.91 Å². The summed E-state index contributed by atoms with van der Waals surface area (Å²) in [5, 5.41) is 5.98. The second kappa shape index (κ2) is 4.28. The molecule has 1 spiro atoms. The Labute approximate surface area is 130 Å². The third-order valence-corrected chi connectivity index (χ3v) is 7.86. The molecule has 1 aromatic rings. The minimum atomic E-state index is 0.230. The van der Waals surface area contributed by atoms with Crippen LogP contribution in [-0.2, 0) is 0 Å². The van der Waals surface area contributed by atoms with Gasteiger partial charge in [0.15, 0.2) is 0 Å². The number of hydrazone groups is 1. The quantitative estimate of drug-likeness (QED) is 0.842. The summed E-state index contributed by atoms with van der Waals surface area (Å²) in [6, 6.07) is 8.83. The number of nitrogens with zero attached hydrogens (tertiary/aromatic N) is 1. The molecule has 4 fully saturated rings. The number of hydrogen-bond acceptors (Lipinski definition) is 3. The van der Waals surface area contributed by atoms with Crippen LogP contribution in [0.2, 0.25) is 0 Å². The normalized spacial score (nSPS) is 43.2. The number of nitrogens with one attached hydrogen (secondary N) is 1. The first kappa shape index (κ1) is 12.6. The summed E-state index contributed by atoms with van der Waals surface area (Å²) in [6.07, 6.45) is 7.25. The molecule has 0 atom stereocenters. The minimum Gasteiger partial charge on any atom is -0.292 e. The van der Waals surface area contributed by atoms with Crippen molar-refractivity contribution < 1.29 is 0 Å². The summed E-state index contributed by atoms with van der Waals surface area (Å²) >= 11 is 2.05. The Morgan fingerprint density at radius 2 is 1.62 bits per heavy atom. The van der Waals surface area contributed by atoms with E-state index in [1.54, 1.807) is 0 Å². The SMILES string of the molecule is Cc1ccc(C2=NNC3(S2)C2CC4CC(C2)CC3C4)cc1. The van der Waals surface area contributed by atoms with Gasteiger partial charge in [-0.2, -0.15) is 5.10 Å². The second-order valence-corrected chi connectivity index (χ2v) is 8.86. The molecule has 0 saturated heterocycles. The van der Waals surface area contributed by atoms with Crippen molar-refractivity contribution in [2.75, 3.05) is 0 Å². The summed E-state index contributed by atoms with van der Waals surface area (Å²) in [5.74, 6) is 3.71. The zero-order chi connectivity index (χ0) is 14.0. The number of benzene rings is 1. The van der Waals surface area contributed by atoms with Gasteiger partial charge in [0.05, 0.1) is 0 Å². The molecule has 1 aliphatic heterocycles. The van der Waals surface area contributed by atoms with Crippen LogP contribution >= 0.6 is 11.8 Å². The highest BCUT2D eigenvalue weighted by Crippen LogP contribution is 2.63. The van der Waals surface area contributed by atoms with Gasteiger partial charge >= 0.3 is 0 Å². The fourth-order valence-electron chi connectivity index (χ4n) is 5.40. The highest BCUT2D eigenvalue weighted by Gasteiger charge is 2.59. The molecule has 0 radical (unpaired) electrons. The van der Waals surface area contributed by atoms with Crippen molar-refractivity contribution in [2.45, 2.75) is 43.9 Å². The lowest BCUT2D eigenvalue weighted by Gasteiger charge is -2.58. The van der Waals surface area contributed by atoms with Gasteiger partial charge in [0.2, 0.25) is 0 Å². The minimum absolute atomic E-state index is 0.230. The predicted octanol–water partition coefficient (Wildman–Crippen LogP) is 4.15. The predicted molar refractivity (Wildman–Crippen MR) is 88.2 cm³/mol. The Hall–Kier alpha value is -0.960. The standard InChI is InChI=1S/C18H22N2S/c1-11-2-4-14(5-3-11)17-19-20-18(21-17)15-7-12-6-13(9-15)10-16(18)8-12/h2-5,12-13,15-16,20H,6-10H2,1H3. The monoisotopic (exact) mass is 298 g/mol. The molecular formula is C18H22N2S. The molecule has 5 aliphatic rings. The number of aryl methyl sites for hydroxylation is 1. The molecule has 0 aromatic heterocycles. The van der Waals surface area contributed by atoms with Crippen molar-refractivity contribution >= 4 is 16.8 Å². The Morgan fingerprint density at radius 1 is 1.00 bits per heavy atom. The fraction of sp³-hybridized carbons (Fsp3) is 0.611. The molecule has 1 N–H and O–H groups in total. The highest BCUT2D eigenvalue weighted by molar-refractivity contribution is 8.15. The van der Waals surface area contributed by atoms with E-state index < -0.39 is 0 Å². The van der Waals surface area contributed by atoms with Crippen LogP contribution in [0.5, 0.6) is 0 Å². The van der Waals surface area contributed by atoms with Gasteiger partial charge in [-0.05, 0) is 62.7 Å². The van der Waals surface area contributed by atoms with Crippen LogP contribution < -0.4 is 5.43 Å². The van der Waals surface area contributed by atoms with Gasteiger partial charge in [0.1, 0.15) is 9.91 Å². The number of thioether (sulfide) groups is 1. The van der Waals surface area contributed by atoms with E-state index >= 15 is 0 Å². The average molecular weight is 298 g/mol. The zero-order valence-corrected chi connectivity index (χ0v) is 13.3. The maximum atomic E-state index is 4.76. The molecule has 1 heterocycles. The first-order chi connectivity index (χ1) is 10.2. The molecular weight excluding hydrogens is 276 g/mol. The Balaban J connectivity index is 1.44. The van der Waals surface area contributed by atoms with Crippen molar-refractivity contribution in [3.05, 3.63) is 35.4 Å². The summed E-state index contributed by atoms with van der Waals surface area (Å²) in [7, 11) is 0. The van der Waals surface area contributed by atoms with Crippen LogP contribution in [0.15, 0.2) is 29.4 Å². The number of hydrogen-bond donors (Lipinski definition) is 1.